The third kappa shape index (κ3) is 2.90. The molecule has 0 amide bonds. The van der Waals surface area contributed by atoms with E-state index in [9.17, 15) is 0 Å². The highest BCUT2D eigenvalue weighted by molar-refractivity contribution is 5.61. The maximum atomic E-state index is 5.48. The summed E-state index contributed by atoms with van der Waals surface area (Å²) in [7, 11) is 4.97. The molecular weight excluding hydrogens is 258 g/mol. The summed E-state index contributed by atoms with van der Waals surface area (Å²) in [6.45, 7) is 5.09. The lowest BCUT2D eigenvalue weighted by atomic mass is 10.1. The van der Waals surface area contributed by atoms with E-state index in [1.165, 1.54) is 0 Å². The number of ether oxygens (including phenoxy) is 4. The zero-order valence-corrected chi connectivity index (χ0v) is 12.6. The van der Waals surface area contributed by atoms with Gasteiger partial charge >= 0.3 is 0 Å². The summed E-state index contributed by atoms with van der Waals surface area (Å²) in [5.41, 5.74) is 2.01. The van der Waals surface area contributed by atoms with Gasteiger partial charge in [-0.2, -0.15) is 0 Å². The van der Waals surface area contributed by atoms with Gasteiger partial charge in [-0.3, -0.25) is 0 Å². The molecule has 0 saturated carbocycles. The second-order valence-electron chi connectivity index (χ2n) is 4.84. The minimum absolute atomic E-state index is 0.735. The average molecular weight is 281 g/mol. The number of hydrogen-bond donors (Lipinski definition) is 0. The van der Waals surface area contributed by atoms with Crippen molar-refractivity contribution in [1.82, 2.24) is 0 Å². The first-order valence-electron chi connectivity index (χ1n) is 6.76. The zero-order valence-electron chi connectivity index (χ0n) is 12.6. The number of hydrogen-bond acceptors (Lipinski definition) is 5. The number of methoxy groups -OCH3 is 3. The van der Waals surface area contributed by atoms with Gasteiger partial charge in [-0.15, -0.1) is 0 Å². The summed E-state index contributed by atoms with van der Waals surface area (Å²) in [6.07, 6.45) is 0. The van der Waals surface area contributed by atoms with Gasteiger partial charge in [0, 0.05) is 32.9 Å². The van der Waals surface area contributed by atoms with Crippen LogP contribution in [0.1, 0.15) is 12.5 Å². The highest BCUT2D eigenvalue weighted by atomic mass is 16.7. The zero-order chi connectivity index (χ0) is 14.6. The van der Waals surface area contributed by atoms with Crippen LogP contribution in [0.2, 0.25) is 0 Å². The molecule has 0 aliphatic carbocycles. The lowest BCUT2D eigenvalue weighted by Gasteiger charge is -2.32. The van der Waals surface area contributed by atoms with E-state index in [1.807, 2.05) is 19.1 Å². The first kappa shape index (κ1) is 15.1. The first-order chi connectivity index (χ1) is 9.64. The summed E-state index contributed by atoms with van der Waals surface area (Å²) in [5, 5.41) is 0. The molecule has 0 aromatic heterocycles. The predicted octanol–water partition coefficient (Wildman–Crippen LogP) is 2.00. The van der Waals surface area contributed by atoms with E-state index in [2.05, 4.69) is 11.0 Å². The topological polar surface area (TPSA) is 40.2 Å². The van der Waals surface area contributed by atoms with Crippen molar-refractivity contribution in [2.45, 2.75) is 12.7 Å². The fraction of sp³-hybridized carbons (Fsp3) is 0.600. The van der Waals surface area contributed by atoms with Crippen LogP contribution in [0.4, 0.5) is 5.69 Å². The van der Waals surface area contributed by atoms with Crippen LogP contribution >= 0.6 is 0 Å². The minimum Gasteiger partial charge on any atom is -0.495 e. The molecule has 5 heteroatoms. The van der Waals surface area contributed by atoms with Gasteiger partial charge in [-0.1, -0.05) is 0 Å². The maximum absolute atomic E-state index is 5.48. The van der Waals surface area contributed by atoms with E-state index in [1.54, 1.807) is 21.3 Å². The second-order valence-corrected chi connectivity index (χ2v) is 4.84. The van der Waals surface area contributed by atoms with Gasteiger partial charge in [0.2, 0.25) is 0 Å². The van der Waals surface area contributed by atoms with E-state index in [0.717, 1.165) is 43.3 Å². The summed E-state index contributed by atoms with van der Waals surface area (Å²) >= 11 is 0. The van der Waals surface area contributed by atoms with Gasteiger partial charge in [-0.05, 0) is 25.1 Å². The van der Waals surface area contributed by atoms with Gasteiger partial charge in [0.15, 0.2) is 5.79 Å². The van der Waals surface area contributed by atoms with E-state index in [4.69, 9.17) is 18.9 Å². The van der Waals surface area contributed by atoms with Gasteiger partial charge in [0.1, 0.15) is 5.75 Å². The summed E-state index contributed by atoms with van der Waals surface area (Å²) in [5.74, 6) is 0.0954. The van der Waals surface area contributed by atoms with Gasteiger partial charge in [-0.25, -0.2) is 0 Å². The smallest absolute Gasteiger partial charge is 0.191 e. The molecule has 2 rings (SSSR count). The highest BCUT2D eigenvalue weighted by Gasteiger charge is 2.27. The lowest BCUT2D eigenvalue weighted by molar-refractivity contribution is -0.201. The van der Waals surface area contributed by atoms with Crippen LogP contribution < -0.4 is 9.64 Å². The van der Waals surface area contributed by atoms with Crippen LogP contribution in [0.5, 0.6) is 5.75 Å². The minimum atomic E-state index is -0.757. The van der Waals surface area contributed by atoms with E-state index in [-0.39, 0.29) is 0 Å². The third-order valence-corrected chi connectivity index (χ3v) is 3.83. The summed E-state index contributed by atoms with van der Waals surface area (Å²) in [4.78, 5) is 2.26. The summed E-state index contributed by atoms with van der Waals surface area (Å²) < 4.78 is 21.8. The normalized spacial score (nSPS) is 16.3. The maximum Gasteiger partial charge on any atom is 0.191 e. The molecule has 0 N–H and O–H groups in total. The Kier molecular flexibility index (Phi) is 4.86. The number of nitrogens with zero attached hydrogens (tertiary/aromatic N) is 1. The standard InChI is InChI=1S/C15H23NO4/c1-15(18-3,19-4)12-5-6-14(17-2)13(11-12)16-7-9-20-10-8-16/h5-6,11H,7-10H2,1-4H3. The molecule has 0 spiro atoms. The Bertz CT molecular complexity index is 439. The van der Waals surface area contributed by atoms with Crippen molar-refractivity contribution in [3.05, 3.63) is 23.8 Å². The molecule has 0 bridgehead atoms. The molecule has 112 valence electrons. The number of benzene rings is 1. The van der Waals surface area contributed by atoms with E-state index < -0.39 is 5.79 Å². The van der Waals surface area contributed by atoms with Crippen molar-refractivity contribution in [2.24, 2.45) is 0 Å². The molecular formula is C15H23NO4. The van der Waals surface area contributed by atoms with Crippen LogP contribution in [0.15, 0.2) is 18.2 Å². The molecule has 0 atom stereocenters. The van der Waals surface area contributed by atoms with Crippen LogP contribution in [0.25, 0.3) is 0 Å². The quantitative estimate of drug-likeness (QED) is 0.772. The Morgan fingerprint density at radius 2 is 1.75 bits per heavy atom. The molecule has 1 heterocycles. The molecule has 0 unspecified atom stereocenters. The van der Waals surface area contributed by atoms with Crippen LogP contribution in [0.3, 0.4) is 0 Å². The Morgan fingerprint density at radius 3 is 2.30 bits per heavy atom. The molecule has 0 radical (unpaired) electrons. The Labute approximate surface area is 120 Å². The van der Waals surface area contributed by atoms with Crippen LogP contribution in [-0.4, -0.2) is 47.6 Å². The Morgan fingerprint density at radius 1 is 1.10 bits per heavy atom. The Hall–Kier alpha value is -1.30. The molecule has 1 aliphatic heterocycles. The third-order valence-electron chi connectivity index (χ3n) is 3.83. The van der Waals surface area contributed by atoms with Crippen molar-refractivity contribution in [2.75, 3.05) is 52.5 Å². The largest absolute Gasteiger partial charge is 0.495 e. The van der Waals surface area contributed by atoms with Crippen LogP contribution in [-0.2, 0) is 20.0 Å². The monoisotopic (exact) mass is 281 g/mol. The molecule has 1 saturated heterocycles. The molecule has 1 aliphatic rings. The highest BCUT2D eigenvalue weighted by Crippen LogP contribution is 2.35. The van der Waals surface area contributed by atoms with Crippen molar-refractivity contribution >= 4 is 5.69 Å². The van der Waals surface area contributed by atoms with Crippen molar-refractivity contribution in [1.29, 1.82) is 0 Å². The number of morpholine rings is 1. The molecule has 1 aromatic rings. The van der Waals surface area contributed by atoms with Gasteiger partial charge in [0.25, 0.3) is 0 Å². The van der Waals surface area contributed by atoms with Crippen molar-refractivity contribution in [3.8, 4) is 5.75 Å². The first-order valence-corrected chi connectivity index (χ1v) is 6.76. The fourth-order valence-electron chi connectivity index (χ4n) is 2.34. The second kappa shape index (κ2) is 6.43. The summed E-state index contributed by atoms with van der Waals surface area (Å²) in [6, 6.07) is 5.99. The molecule has 1 aromatic carbocycles. The number of anilines is 1. The predicted molar refractivity (Wildman–Crippen MR) is 77.4 cm³/mol. The molecule has 20 heavy (non-hydrogen) atoms. The van der Waals surface area contributed by atoms with Crippen LogP contribution in [0, 0.1) is 0 Å². The van der Waals surface area contributed by atoms with Crippen molar-refractivity contribution in [3.63, 3.8) is 0 Å². The van der Waals surface area contributed by atoms with Gasteiger partial charge in [0.05, 0.1) is 26.0 Å². The molecule has 1 fully saturated rings. The molecule has 5 nitrogen and oxygen atoms in total. The fourth-order valence-corrected chi connectivity index (χ4v) is 2.34. The number of rotatable bonds is 5. The van der Waals surface area contributed by atoms with Crippen molar-refractivity contribution < 1.29 is 18.9 Å². The van der Waals surface area contributed by atoms with E-state index in [0.29, 0.717) is 0 Å². The van der Waals surface area contributed by atoms with E-state index >= 15 is 0 Å². The van der Waals surface area contributed by atoms with Gasteiger partial charge < -0.3 is 23.8 Å². The Balaban J connectivity index is 2.37. The SMILES string of the molecule is COc1ccc(C(C)(OC)OC)cc1N1CCOCC1. The average Bonchev–Trinajstić information content (AvgIpc) is 2.54. The lowest BCUT2D eigenvalue weighted by Crippen LogP contribution is -2.37.